The summed E-state index contributed by atoms with van der Waals surface area (Å²) in [6.45, 7) is 0. The van der Waals surface area contributed by atoms with Gasteiger partial charge in [-0.3, -0.25) is 0 Å². The second-order valence-electron chi connectivity index (χ2n) is 4.92. The average molecular weight is 263 g/mol. The topological polar surface area (TPSA) is 42.1 Å². The molecule has 2 aromatic rings. The Kier molecular flexibility index (Phi) is 3.12. The molecule has 0 saturated heterocycles. The fraction of sp³-hybridized carbons (Fsp3) is 0.500. The molecular formula is C14H17NO2S. The van der Waals surface area contributed by atoms with Crippen LogP contribution in [0.5, 0.6) is 0 Å². The van der Waals surface area contributed by atoms with Gasteiger partial charge in [0.1, 0.15) is 4.88 Å². The quantitative estimate of drug-likeness (QED) is 0.830. The molecule has 1 fully saturated rings. The third-order valence-corrected chi connectivity index (χ3v) is 4.97. The van der Waals surface area contributed by atoms with E-state index >= 15 is 0 Å². The van der Waals surface area contributed by atoms with Crippen molar-refractivity contribution < 1.29 is 9.53 Å². The maximum Gasteiger partial charge on any atom is 0.348 e. The lowest BCUT2D eigenvalue weighted by Crippen LogP contribution is -2.03. The summed E-state index contributed by atoms with van der Waals surface area (Å²) in [4.78, 5) is 15.5. The summed E-state index contributed by atoms with van der Waals surface area (Å²) in [5.74, 6) is 0.427. The number of carbonyl (C=O) groups excluding carboxylic acids is 1. The largest absolute Gasteiger partial charge is 0.465 e. The van der Waals surface area contributed by atoms with Gasteiger partial charge in [-0.05, 0) is 30.4 Å². The number of hydrogen-bond acceptors (Lipinski definition) is 3. The molecule has 0 radical (unpaired) electrons. The summed E-state index contributed by atoms with van der Waals surface area (Å²) in [6, 6.07) is 1.90. The van der Waals surface area contributed by atoms with Crippen LogP contribution in [0.3, 0.4) is 0 Å². The van der Waals surface area contributed by atoms with Crippen molar-refractivity contribution >= 4 is 27.5 Å². The highest BCUT2D eigenvalue weighted by molar-refractivity contribution is 7.20. The van der Waals surface area contributed by atoms with Gasteiger partial charge in [-0.1, -0.05) is 19.3 Å². The van der Waals surface area contributed by atoms with Crippen LogP contribution in [0.15, 0.2) is 12.3 Å². The minimum Gasteiger partial charge on any atom is -0.465 e. The van der Waals surface area contributed by atoms with Crippen LogP contribution in [0.1, 0.15) is 53.3 Å². The Hall–Kier alpha value is -1.29. The average Bonchev–Trinajstić information content (AvgIpc) is 2.98. The standard InChI is InChI=1S/C14H17NO2S/c1-17-14(16)12-7-11-13(18-12)10(8-15-11)9-5-3-2-4-6-9/h7-9,15H,2-6H2,1H3. The summed E-state index contributed by atoms with van der Waals surface area (Å²) in [6.07, 6.45) is 8.69. The van der Waals surface area contributed by atoms with Crippen LogP contribution in [-0.4, -0.2) is 18.1 Å². The number of ether oxygens (including phenoxy) is 1. The lowest BCUT2D eigenvalue weighted by molar-refractivity contribution is 0.0606. The van der Waals surface area contributed by atoms with Crippen molar-refractivity contribution in [3.63, 3.8) is 0 Å². The highest BCUT2D eigenvalue weighted by Crippen LogP contribution is 2.39. The van der Waals surface area contributed by atoms with Gasteiger partial charge in [-0.2, -0.15) is 0 Å². The molecule has 0 atom stereocenters. The van der Waals surface area contributed by atoms with E-state index in [0.717, 1.165) is 5.52 Å². The molecule has 96 valence electrons. The molecule has 0 aliphatic heterocycles. The number of carbonyl (C=O) groups is 1. The molecule has 0 amide bonds. The lowest BCUT2D eigenvalue weighted by atomic mass is 9.85. The molecule has 18 heavy (non-hydrogen) atoms. The predicted octanol–water partition coefficient (Wildman–Crippen LogP) is 4.06. The first-order valence-electron chi connectivity index (χ1n) is 6.48. The normalized spacial score (nSPS) is 17.2. The molecule has 0 aromatic carbocycles. The molecule has 1 saturated carbocycles. The minimum absolute atomic E-state index is 0.237. The summed E-state index contributed by atoms with van der Waals surface area (Å²) in [7, 11) is 1.43. The van der Waals surface area contributed by atoms with Crippen molar-refractivity contribution in [2.24, 2.45) is 0 Å². The van der Waals surface area contributed by atoms with E-state index < -0.39 is 0 Å². The first kappa shape index (κ1) is 11.8. The van der Waals surface area contributed by atoms with E-state index in [1.54, 1.807) is 11.3 Å². The Bertz CT molecular complexity index is 563. The predicted molar refractivity (Wildman–Crippen MR) is 73.3 cm³/mol. The maximum absolute atomic E-state index is 11.5. The molecule has 1 aliphatic rings. The van der Waals surface area contributed by atoms with E-state index in [2.05, 4.69) is 11.2 Å². The van der Waals surface area contributed by atoms with E-state index in [0.29, 0.717) is 10.8 Å². The molecule has 1 aliphatic carbocycles. The van der Waals surface area contributed by atoms with Crippen molar-refractivity contribution in [1.82, 2.24) is 4.98 Å². The smallest absolute Gasteiger partial charge is 0.348 e. The van der Waals surface area contributed by atoms with Crippen molar-refractivity contribution in [2.45, 2.75) is 38.0 Å². The van der Waals surface area contributed by atoms with Gasteiger partial charge < -0.3 is 9.72 Å². The number of thiophene rings is 1. The zero-order valence-electron chi connectivity index (χ0n) is 10.5. The fourth-order valence-electron chi connectivity index (χ4n) is 2.85. The molecule has 1 N–H and O–H groups in total. The van der Waals surface area contributed by atoms with Gasteiger partial charge in [-0.25, -0.2) is 4.79 Å². The second-order valence-corrected chi connectivity index (χ2v) is 5.98. The Labute approximate surface area is 110 Å². The van der Waals surface area contributed by atoms with Crippen molar-refractivity contribution in [1.29, 1.82) is 0 Å². The van der Waals surface area contributed by atoms with Gasteiger partial charge in [0.2, 0.25) is 0 Å². The first-order chi connectivity index (χ1) is 8.79. The van der Waals surface area contributed by atoms with Crippen LogP contribution < -0.4 is 0 Å². The van der Waals surface area contributed by atoms with Gasteiger partial charge >= 0.3 is 5.97 Å². The number of hydrogen-bond donors (Lipinski definition) is 1. The van der Waals surface area contributed by atoms with Crippen LogP contribution in [0.2, 0.25) is 0 Å². The zero-order valence-corrected chi connectivity index (χ0v) is 11.3. The molecule has 0 unspecified atom stereocenters. The van der Waals surface area contributed by atoms with Gasteiger partial charge in [0.05, 0.1) is 17.3 Å². The van der Waals surface area contributed by atoms with Crippen molar-refractivity contribution in [3.05, 3.63) is 22.7 Å². The molecule has 2 aromatic heterocycles. The molecule has 3 rings (SSSR count). The van der Waals surface area contributed by atoms with Crippen LogP contribution in [-0.2, 0) is 4.74 Å². The SMILES string of the molecule is COC(=O)c1cc2[nH]cc(C3CCCCC3)c2s1. The van der Waals surface area contributed by atoms with E-state index in [-0.39, 0.29) is 5.97 Å². The number of nitrogens with one attached hydrogen (secondary N) is 1. The first-order valence-corrected chi connectivity index (χ1v) is 7.30. The van der Waals surface area contributed by atoms with Gasteiger partial charge in [0.15, 0.2) is 0 Å². The monoisotopic (exact) mass is 263 g/mol. The number of methoxy groups -OCH3 is 1. The third-order valence-electron chi connectivity index (χ3n) is 3.81. The van der Waals surface area contributed by atoms with E-state index in [1.807, 2.05) is 6.07 Å². The number of aromatic amines is 1. The van der Waals surface area contributed by atoms with Crippen molar-refractivity contribution in [3.8, 4) is 0 Å². The number of aromatic nitrogens is 1. The molecule has 0 bridgehead atoms. The lowest BCUT2D eigenvalue weighted by Gasteiger charge is -2.20. The zero-order chi connectivity index (χ0) is 12.5. The van der Waals surface area contributed by atoms with Crippen LogP contribution in [0.25, 0.3) is 10.2 Å². The fourth-order valence-corrected chi connectivity index (χ4v) is 3.99. The van der Waals surface area contributed by atoms with Gasteiger partial charge in [-0.15, -0.1) is 11.3 Å². The highest BCUT2D eigenvalue weighted by Gasteiger charge is 2.21. The summed E-state index contributed by atoms with van der Waals surface area (Å²) < 4.78 is 6.02. The number of fused-ring (bicyclic) bond motifs is 1. The molecule has 3 nitrogen and oxygen atoms in total. The van der Waals surface area contributed by atoms with Gasteiger partial charge in [0, 0.05) is 6.20 Å². The van der Waals surface area contributed by atoms with E-state index in [1.165, 1.54) is 49.5 Å². The molecular weight excluding hydrogens is 246 g/mol. The Morgan fingerprint density at radius 2 is 2.17 bits per heavy atom. The highest BCUT2D eigenvalue weighted by atomic mass is 32.1. The molecule has 4 heteroatoms. The van der Waals surface area contributed by atoms with Crippen molar-refractivity contribution in [2.75, 3.05) is 7.11 Å². The summed E-state index contributed by atoms with van der Waals surface area (Å²) in [5, 5.41) is 0. The maximum atomic E-state index is 11.5. The van der Waals surface area contributed by atoms with E-state index in [4.69, 9.17) is 4.74 Å². The summed E-state index contributed by atoms with van der Waals surface area (Å²) >= 11 is 1.55. The third kappa shape index (κ3) is 1.94. The van der Waals surface area contributed by atoms with Crippen LogP contribution >= 0.6 is 11.3 Å². The number of H-pyrrole nitrogens is 1. The van der Waals surface area contributed by atoms with Crippen LogP contribution in [0, 0.1) is 0 Å². The number of rotatable bonds is 2. The molecule has 2 heterocycles. The summed E-state index contributed by atoms with van der Waals surface area (Å²) in [5.41, 5.74) is 2.46. The Morgan fingerprint density at radius 1 is 1.39 bits per heavy atom. The molecule has 0 spiro atoms. The van der Waals surface area contributed by atoms with Crippen LogP contribution in [0.4, 0.5) is 0 Å². The van der Waals surface area contributed by atoms with Gasteiger partial charge in [0.25, 0.3) is 0 Å². The number of esters is 1. The Balaban J connectivity index is 1.97. The second kappa shape index (κ2) is 4.76. The van der Waals surface area contributed by atoms with E-state index in [9.17, 15) is 4.79 Å². The minimum atomic E-state index is -0.237. The Morgan fingerprint density at radius 3 is 2.89 bits per heavy atom.